The lowest BCUT2D eigenvalue weighted by Gasteiger charge is -2.57. The quantitative estimate of drug-likeness (QED) is 0.276. The van der Waals surface area contributed by atoms with Crippen molar-refractivity contribution in [3.05, 3.63) is 40.2 Å². The lowest BCUT2D eigenvalue weighted by atomic mass is 9.49. The van der Waals surface area contributed by atoms with Crippen molar-refractivity contribution in [3.8, 4) is 0 Å². The van der Waals surface area contributed by atoms with E-state index in [1.807, 2.05) is 19.1 Å². The molecular weight excluding hydrogens is 530 g/mol. The zero-order valence-corrected chi connectivity index (χ0v) is 26.1. The van der Waals surface area contributed by atoms with Crippen LogP contribution in [0.1, 0.15) is 97.5 Å². The van der Waals surface area contributed by atoms with E-state index in [1.54, 1.807) is 13.0 Å². The fourth-order valence-corrected chi connectivity index (χ4v) is 9.60. The van der Waals surface area contributed by atoms with Gasteiger partial charge in [-0.2, -0.15) is 0 Å². The molecule has 1 aromatic heterocycles. The Labute approximate surface area is 250 Å². The van der Waals surface area contributed by atoms with Gasteiger partial charge in [0.25, 0.3) is 0 Å². The summed E-state index contributed by atoms with van der Waals surface area (Å²) in [7, 11) is 0. The number of aryl methyl sites for hydroxylation is 1. The molecular formula is C35H51NO6. The van der Waals surface area contributed by atoms with E-state index in [2.05, 4.69) is 26.1 Å². The molecule has 0 spiro atoms. The summed E-state index contributed by atoms with van der Waals surface area (Å²) >= 11 is 0. The summed E-state index contributed by atoms with van der Waals surface area (Å²) in [6.45, 7) is 10.6. The van der Waals surface area contributed by atoms with Gasteiger partial charge in [-0.3, -0.25) is 4.79 Å². The first-order valence-corrected chi connectivity index (χ1v) is 16.2. The molecule has 8 atom stereocenters. The van der Waals surface area contributed by atoms with Crippen molar-refractivity contribution in [3.63, 3.8) is 0 Å². The highest BCUT2D eigenvalue weighted by atomic mass is 16.4. The minimum Gasteiger partial charge on any atom is -0.423 e. The van der Waals surface area contributed by atoms with E-state index in [4.69, 9.17) is 4.42 Å². The van der Waals surface area contributed by atoms with Crippen molar-refractivity contribution in [2.24, 2.45) is 40.4 Å². The molecule has 3 saturated carbocycles. The molecule has 3 aliphatic rings. The van der Waals surface area contributed by atoms with Gasteiger partial charge in [-0.25, -0.2) is 4.79 Å². The molecule has 1 amide bonds. The summed E-state index contributed by atoms with van der Waals surface area (Å²) in [5.74, 6) is 1.47. The SMILES string of the molecule is Cc1cc(=O)oc2cc(NC(=O)CC[C@@H](C)[C@H]3CC[C@H]4[C@H](C(O)C(C)O)[C@@H]([C@]5(C)CC[C@H](O)CC5)CC[C@]34C)ccc12. The highest BCUT2D eigenvalue weighted by Gasteiger charge is 2.59. The molecule has 232 valence electrons. The Morgan fingerprint density at radius 2 is 1.74 bits per heavy atom. The molecule has 42 heavy (non-hydrogen) atoms. The second-order valence-electron chi connectivity index (χ2n) is 14.7. The monoisotopic (exact) mass is 581 g/mol. The Bertz CT molecular complexity index is 1330. The lowest BCUT2D eigenvalue weighted by molar-refractivity contribution is -0.135. The Morgan fingerprint density at radius 1 is 1.02 bits per heavy atom. The van der Waals surface area contributed by atoms with Gasteiger partial charge < -0.3 is 25.1 Å². The van der Waals surface area contributed by atoms with Gasteiger partial charge in [0.2, 0.25) is 5.91 Å². The molecule has 3 fully saturated rings. The van der Waals surface area contributed by atoms with E-state index in [0.717, 1.165) is 68.7 Å². The van der Waals surface area contributed by atoms with E-state index < -0.39 is 17.8 Å². The minimum absolute atomic E-state index is 0.0427. The number of carbonyl (C=O) groups is 1. The van der Waals surface area contributed by atoms with Crippen LogP contribution in [-0.2, 0) is 4.79 Å². The number of hydrogen-bond acceptors (Lipinski definition) is 6. The van der Waals surface area contributed by atoms with Gasteiger partial charge in [0.05, 0.1) is 18.3 Å². The first-order valence-electron chi connectivity index (χ1n) is 16.2. The van der Waals surface area contributed by atoms with Crippen LogP contribution in [0, 0.1) is 47.3 Å². The molecule has 0 aliphatic heterocycles. The third-order valence-corrected chi connectivity index (χ3v) is 12.0. The van der Waals surface area contributed by atoms with Crippen molar-refractivity contribution >= 4 is 22.6 Å². The Kier molecular flexibility index (Phi) is 8.95. The highest BCUT2D eigenvalue weighted by Crippen LogP contribution is 2.65. The molecule has 3 aliphatic carbocycles. The highest BCUT2D eigenvalue weighted by molar-refractivity contribution is 5.93. The standard InChI is InChI=1S/C35H51NO6/c1-20(6-11-30(39)36-23-7-8-25-21(2)18-31(40)42-29(25)19-23)26-9-10-28-32(33(41)22(3)37)27(14-17-35(26,28)5)34(4)15-12-24(38)13-16-34/h7-8,18-20,22,24,26-28,32-33,37-38,41H,6,9-17H2,1-5H3,(H,36,39)/t20-,22?,24-,26-,27+,28+,32-,33?,34+,35-/m1/s1. The summed E-state index contributed by atoms with van der Waals surface area (Å²) in [6.07, 6.45) is 7.31. The first kappa shape index (κ1) is 31.2. The maximum absolute atomic E-state index is 13.0. The zero-order chi connectivity index (χ0) is 30.4. The topological polar surface area (TPSA) is 120 Å². The molecule has 5 rings (SSSR count). The molecule has 2 unspecified atom stereocenters. The number of fused-ring (bicyclic) bond motifs is 2. The average molecular weight is 582 g/mol. The second kappa shape index (κ2) is 12.0. The summed E-state index contributed by atoms with van der Waals surface area (Å²) in [5.41, 5.74) is 1.68. The van der Waals surface area contributed by atoms with Gasteiger partial charge in [0.15, 0.2) is 0 Å². The number of benzene rings is 1. The van der Waals surface area contributed by atoms with Gasteiger partial charge in [0.1, 0.15) is 5.58 Å². The lowest BCUT2D eigenvalue weighted by Crippen LogP contribution is -2.54. The fourth-order valence-electron chi connectivity index (χ4n) is 9.60. The summed E-state index contributed by atoms with van der Waals surface area (Å²) < 4.78 is 5.34. The zero-order valence-electron chi connectivity index (χ0n) is 26.1. The van der Waals surface area contributed by atoms with E-state index in [0.29, 0.717) is 41.4 Å². The summed E-state index contributed by atoms with van der Waals surface area (Å²) in [4.78, 5) is 24.8. The van der Waals surface area contributed by atoms with Crippen LogP contribution in [-0.4, -0.2) is 39.5 Å². The van der Waals surface area contributed by atoms with E-state index in [9.17, 15) is 24.9 Å². The van der Waals surface area contributed by atoms with Crippen LogP contribution < -0.4 is 10.9 Å². The van der Waals surface area contributed by atoms with Gasteiger partial charge in [0, 0.05) is 29.6 Å². The number of aliphatic hydroxyl groups excluding tert-OH is 3. The number of rotatable bonds is 8. The average Bonchev–Trinajstić information content (AvgIpc) is 3.29. The van der Waals surface area contributed by atoms with Gasteiger partial charge in [-0.15, -0.1) is 0 Å². The number of carbonyl (C=O) groups excluding carboxylic acids is 1. The van der Waals surface area contributed by atoms with Crippen molar-refractivity contribution in [1.82, 2.24) is 0 Å². The summed E-state index contributed by atoms with van der Waals surface area (Å²) in [5, 5.41) is 36.1. The Balaban J connectivity index is 1.26. The van der Waals surface area contributed by atoms with E-state index in [-0.39, 0.29) is 28.8 Å². The third kappa shape index (κ3) is 5.94. The van der Waals surface area contributed by atoms with Crippen molar-refractivity contribution in [2.75, 3.05) is 5.32 Å². The maximum atomic E-state index is 13.0. The third-order valence-electron chi connectivity index (χ3n) is 12.0. The molecule has 0 radical (unpaired) electrons. The molecule has 7 heteroatoms. The van der Waals surface area contributed by atoms with Crippen molar-refractivity contribution < 1.29 is 24.5 Å². The molecule has 2 aromatic rings. The second-order valence-corrected chi connectivity index (χ2v) is 14.7. The number of amides is 1. The van der Waals surface area contributed by atoms with Crippen LogP contribution in [0.4, 0.5) is 5.69 Å². The van der Waals surface area contributed by atoms with Crippen molar-refractivity contribution in [1.29, 1.82) is 0 Å². The van der Waals surface area contributed by atoms with Crippen LogP contribution in [0.2, 0.25) is 0 Å². The van der Waals surface area contributed by atoms with Crippen LogP contribution >= 0.6 is 0 Å². The van der Waals surface area contributed by atoms with E-state index >= 15 is 0 Å². The van der Waals surface area contributed by atoms with Crippen LogP contribution in [0.15, 0.2) is 33.5 Å². The van der Waals surface area contributed by atoms with Gasteiger partial charge in [-0.05, 0) is 130 Å². The first-order chi connectivity index (χ1) is 19.8. The summed E-state index contributed by atoms with van der Waals surface area (Å²) in [6, 6.07) is 6.90. The normalized spacial score (nSPS) is 35.4. The maximum Gasteiger partial charge on any atom is 0.336 e. The Morgan fingerprint density at radius 3 is 2.43 bits per heavy atom. The van der Waals surface area contributed by atoms with Gasteiger partial charge in [-0.1, -0.05) is 20.8 Å². The number of hydrogen-bond donors (Lipinski definition) is 4. The predicted molar refractivity (Wildman–Crippen MR) is 165 cm³/mol. The van der Waals surface area contributed by atoms with Crippen LogP contribution in [0.3, 0.4) is 0 Å². The van der Waals surface area contributed by atoms with Crippen LogP contribution in [0.25, 0.3) is 11.0 Å². The predicted octanol–water partition coefficient (Wildman–Crippen LogP) is 6.20. The smallest absolute Gasteiger partial charge is 0.336 e. The minimum atomic E-state index is -0.773. The fraction of sp³-hybridized carbons (Fsp3) is 0.714. The van der Waals surface area contributed by atoms with Gasteiger partial charge >= 0.3 is 5.63 Å². The van der Waals surface area contributed by atoms with E-state index in [1.165, 1.54) is 6.07 Å². The molecule has 1 heterocycles. The Hall–Kier alpha value is -2.22. The number of nitrogens with one attached hydrogen (secondary N) is 1. The largest absolute Gasteiger partial charge is 0.423 e. The molecule has 0 saturated heterocycles. The molecule has 4 N–H and O–H groups in total. The molecule has 0 bridgehead atoms. The van der Waals surface area contributed by atoms with Crippen LogP contribution in [0.5, 0.6) is 0 Å². The van der Waals surface area contributed by atoms with Crippen molar-refractivity contribution in [2.45, 2.75) is 117 Å². The molecule has 7 nitrogen and oxygen atoms in total. The number of aliphatic hydroxyl groups is 3. The number of anilines is 1. The molecule has 1 aromatic carbocycles.